The largest absolute Gasteiger partial charge is 0.0654 e. The Morgan fingerprint density at radius 2 is 0.404 bits per heavy atom. The van der Waals surface area contributed by atoms with Crippen LogP contribution in [0.15, 0.2) is 0 Å². The van der Waals surface area contributed by atoms with Gasteiger partial charge in [-0.3, -0.25) is 0 Å². The Hall–Kier alpha value is 0. The molecule has 0 unspecified atom stereocenters. The second kappa shape index (κ2) is 47.2. The Labute approximate surface area is 333 Å². The Morgan fingerprint density at radius 1 is 0.231 bits per heavy atom. The van der Waals surface area contributed by atoms with Crippen molar-refractivity contribution in [2.45, 2.75) is 323 Å². The Balaban J connectivity index is 3.94. The summed E-state index contributed by atoms with van der Waals surface area (Å²) in [6, 6.07) is 0. The lowest BCUT2D eigenvalue weighted by Crippen LogP contribution is -1.99. The lowest BCUT2D eigenvalue weighted by atomic mass is 9.89. The highest BCUT2D eigenvalue weighted by molar-refractivity contribution is 4.89. The van der Waals surface area contributed by atoms with E-state index < -0.39 is 0 Å². The molecule has 0 heteroatoms. The van der Waals surface area contributed by atoms with Crippen LogP contribution in [0, 0.1) is 11.8 Å². The van der Waals surface area contributed by atoms with Crippen molar-refractivity contribution >= 4 is 0 Å². The molecule has 0 rings (SSSR count). The monoisotopic (exact) mass is 730 g/mol. The van der Waals surface area contributed by atoms with Crippen LogP contribution >= 0.6 is 0 Å². The maximum absolute atomic E-state index is 2.36. The molecular formula is C52H105. The smallest absolute Gasteiger partial charge is 0.0241 e. The highest BCUT2D eigenvalue weighted by atomic mass is 14.1. The summed E-state index contributed by atoms with van der Waals surface area (Å²) in [6.45, 7) is 9.36. The Bertz CT molecular complexity index is 591. The van der Waals surface area contributed by atoms with Gasteiger partial charge in [-0.1, -0.05) is 304 Å². The molecule has 52 heavy (non-hydrogen) atoms. The molecule has 0 amide bonds. The van der Waals surface area contributed by atoms with Crippen molar-refractivity contribution in [2.75, 3.05) is 0 Å². The molecule has 0 aliphatic carbocycles. The molecule has 0 aliphatic heterocycles. The van der Waals surface area contributed by atoms with Crippen molar-refractivity contribution in [3.05, 3.63) is 5.92 Å². The van der Waals surface area contributed by atoms with E-state index in [4.69, 9.17) is 0 Å². The molecule has 313 valence electrons. The molecule has 0 atom stereocenters. The number of hydrogen-bond acceptors (Lipinski definition) is 0. The molecule has 0 aromatic rings. The van der Waals surface area contributed by atoms with Crippen LogP contribution in [0.1, 0.15) is 323 Å². The van der Waals surface area contributed by atoms with Crippen molar-refractivity contribution in [1.29, 1.82) is 0 Å². The average molecular weight is 730 g/mol. The maximum atomic E-state index is 2.36. The zero-order valence-corrected chi connectivity index (χ0v) is 37.6. The van der Waals surface area contributed by atoms with E-state index in [0.29, 0.717) is 0 Å². The molecule has 0 saturated heterocycles. The fourth-order valence-corrected chi connectivity index (χ4v) is 8.56. The zero-order valence-electron chi connectivity index (χ0n) is 37.6. The Morgan fingerprint density at radius 3 is 0.596 bits per heavy atom. The highest BCUT2D eigenvalue weighted by Crippen LogP contribution is 2.27. The second-order valence-electron chi connectivity index (χ2n) is 18.3. The van der Waals surface area contributed by atoms with Gasteiger partial charge in [-0.25, -0.2) is 0 Å². The predicted octanol–water partition coefficient (Wildman–Crippen LogP) is 20.2. The molecule has 0 spiro atoms. The fraction of sp³-hybridized carbons (Fsp3) is 0.981. The first-order valence-electron chi connectivity index (χ1n) is 25.5. The third kappa shape index (κ3) is 46.2. The number of unbranched alkanes of at least 4 members (excludes halogenated alkanes) is 39. The van der Waals surface area contributed by atoms with Gasteiger partial charge in [0.05, 0.1) is 0 Å². The lowest BCUT2D eigenvalue weighted by molar-refractivity contribution is 0.495. The van der Waals surface area contributed by atoms with Crippen LogP contribution in [0.4, 0.5) is 0 Å². The van der Waals surface area contributed by atoms with Crippen molar-refractivity contribution in [2.24, 2.45) is 5.92 Å². The van der Waals surface area contributed by atoms with Gasteiger partial charge < -0.3 is 0 Å². The summed E-state index contributed by atoms with van der Waals surface area (Å²) >= 11 is 0. The molecule has 0 aliphatic rings. The van der Waals surface area contributed by atoms with Gasteiger partial charge in [0.25, 0.3) is 0 Å². The van der Waals surface area contributed by atoms with E-state index in [1.807, 2.05) is 5.92 Å². The standard InChI is InChI=1S/C52H105/c1-5-7-9-11-13-15-17-19-21-25-29-33-37-41-45-49-52(48-44-40-36-32-28-24-20-18-16-14-12-10-8-6-2)50-46-42-38-34-30-26-22-23-27-31-35-39-43-47-51(3)4/h51H,5-50H2,1-4H3. The predicted molar refractivity (Wildman–Crippen MR) is 242 cm³/mol. The summed E-state index contributed by atoms with van der Waals surface area (Å²) in [6.07, 6.45) is 67.8. The summed E-state index contributed by atoms with van der Waals surface area (Å²) in [4.78, 5) is 0. The molecule has 0 fully saturated rings. The minimum Gasteiger partial charge on any atom is -0.0654 e. The third-order valence-corrected chi connectivity index (χ3v) is 12.3. The molecular weight excluding hydrogens is 625 g/mol. The second-order valence-corrected chi connectivity index (χ2v) is 18.3. The van der Waals surface area contributed by atoms with Gasteiger partial charge in [-0.2, -0.15) is 0 Å². The minimum absolute atomic E-state index is 0.891. The normalized spacial score (nSPS) is 11.9. The summed E-state index contributed by atoms with van der Waals surface area (Å²) in [5.41, 5.74) is 0. The van der Waals surface area contributed by atoms with Gasteiger partial charge in [0, 0.05) is 0 Å². The number of hydrogen-bond donors (Lipinski definition) is 0. The van der Waals surface area contributed by atoms with Crippen LogP contribution in [0.3, 0.4) is 0 Å². The Kier molecular flexibility index (Phi) is 47.2. The molecule has 1 radical (unpaired) electrons. The first kappa shape index (κ1) is 52.0. The van der Waals surface area contributed by atoms with Gasteiger partial charge in [-0.15, -0.1) is 0 Å². The van der Waals surface area contributed by atoms with Gasteiger partial charge in [-0.05, 0) is 31.1 Å². The van der Waals surface area contributed by atoms with E-state index in [2.05, 4.69) is 27.7 Å². The van der Waals surface area contributed by atoms with Gasteiger partial charge in [0.1, 0.15) is 0 Å². The first-order valence-corrected chi connectivity index (χ1v) is 25.5. The molecule has 0 N–H and O–H groups in total. The summed E-state index contributed by atoms with van der Waals surface area (Å²) in [5, 5.41) is 0. The van der Waals surface area contributed by atoms with Crippen LogP contribution in [0.2, 0.25) is 0 Å². The molecule has 0 aromatic carbocycles. The van der Waals surface area contributed by atoms with E-state index in [1.54, 1.807) is 0 Å². The lowest BCUT2D eigenvalue weighted by Gasteiger charge is -2.16. The van der Waals surface area contributed by atoms with Crippen LogP contribution in [-0.4, -0.2) is 0 Å². The molecule has 0 heterocycles. The summed E-state index contributed by atoms with van der Waals surface area (Å²) in [5.74, 6) is 2.85. The van der Waals surface area contributed by atoms with Crippen molar-refractivity contribution in [3.63, 3.8) is 0 Å². The van der Waals surface area contributed by atoms with Gasteiger partial charge in [0.15, 0.2) is 0 Å². The van der Waals surface area contributed by atoms with Crippen LogP contribution < -0.4 is 0 Å². The van der Waals surface area contributed by atoms with Gasteiger partial charge >= 0.3 is 0 Å². The highest BCUT2D eigenvalue weighted by Gasteiger charge is 2.09. The zero-order chi connectivity index (χ0) is 37.7. The number of rotatable bonds is 47. The fourth-order valence-electron chi connectivity index (χ4n) is 8.56. The summed E-state index contributed by atoms with van der Waals surface area (Å²) in [7, 11) is 0. The van der Waals surface area contributed by atoms with Gasteiger partial charge in [0.2, 0.25) is 0 Å². The van der Waals surface area contributed by atoms with Crippen LogP contribution in [0.25, 0.3) is 0 Å². The SMILES string of the molecule is CCCCCCCCCCCCCCCCC[C](CCCCCCCCCCCCCCCC)CCCCCCCCCCCCCCCC(C)C. The molecule has 0 bridgehead atoms. The quantitative estimate of drug-likeness (QED) is 0.0547. The minimum atomic E-state index is 0.891. The van der Waals surface area contributed by atoms with E-state index in [0.717, 1.165) is 5.92 Å². The third-order valence-electron chi connectivity index (χ3n) is 12.3. The van der Waals surface area contributed by atoms with Crippen molar-refractivity contribution < 1.29 is 0 Å². The van der Waals surface area contributed by atoms with E-state index in [1.165, 1.54) is 295 Å². The topological polar surface area (TPSA) is 0 Å². The van der Waals surface area contributed by atoms with Crippen LogP contribution in [0.5, 0.6) is 0 Å². The molecule has 0 saturated carbocycles. The average Bonchev–Trinajstić information content (AvgIpc) is 3.14. The van der Waals surface area contributed by atoms with E-state index >= 15 is 0 Å². The van der Waals surface area contributed by atoms with E-state index in [-0.39, 0.29) is 0 Å². The first-order chi connectivity index (χ1) is 25.7. The molecule has 0 nitrogen and oxygen atoms in total. The maximum Gasteiger partial charge on any atom is -0.0241 e. The summed E-state index contributed by atoms with van der Waals surface area (Å²) < 4.78 is 0. The van der Waals surface area contributed by atoms with Crippen molar-refractivity contribution in [3.8, 4) is 0 Å². The van der Waals surface area contributed by atoms with Crippen molar-refractivity contribution in [1.82, 2.24) is 0 Å². The molecule has 0 aromatic heterocycles. The van der Waals surface area contributed by atoms with E-state index in [9.17, 15) is 0 Å². The van der Waals surface area contributed by atoms with Crippen LogP contribution in [-0.2, 0) is 0 Å².